The van der Waals surface area contributed by atoms with Crippen LogP contribution in [0.15, 0.2) is 48.5 Å². The molecule has 1 atom stereocenters. The minimum atomic E-state index is -0.743. The molecule has 0 fully saturated rings. The highest BCUT2D eigenvalue weighted by atomic mass is 16.5. The molecule has 1 aromatic heterocycles. The second-order valence-electron chi connectivity index (χ2n) is 7.18. The van der Waals surface area contributed by atoms with Crippen LogP contribution in [0, 0.1) is 25.2 Å². The van der Waals surface area contributed by atoms with Gasteiger partial charge in [0, 0.05) is 5.69 Å². The van der Waals surface area contributed by atoms with Gasteiger partial charge in [-0.05, 0) is 68.7 Å². The highest BCUT2D eigenvalue weighted by Gasteiger charge is 2.26. The van der Waals surface area contributed by atoms with Gasteiger partial charge >= 0.3 is 5.97 Å². The maximum Gasteiger partial charge on any atom is 0.340 e. The number of nitrogens with zero attached hydrogens (tertiary/aromatic N) is 1. The summed E-state index contributed by atoms with van der Waals surface area (Å²) in [6, 6.07) is 16.8. The lowest BCUT2D eigenvalue weighted by Gasteiger charge is -2.14. The van der Waals surface area contributed by atoms with E-state index in [-0.39, 0.29) is 12.4 Å². The fourth-order valence-electron chi connectivity index (χ4n) is 3.43. The SMILES string of the molecule is CCOC(=O)c1c(C)[nH]c(C(=O)[C@@H](C)Oc2ccc(-c3ccc(C#N)cc3)cc2)c1C. The fourth-order valence-corrected chi connectivity index (χ4v) is 3.43. The monoisotopic (exact) mass is 416 g/mol. The summed E-state index contributed by atoms with van der Waals surface area (Å²) < 4.78 is 10.9. The van der Waals surface area contributed by atoms with Crippen LogP contribution in [0.2, 0.25) is 0 Å². The molecule has 6 nitrogen and oxygen atoms in total. The van der Waals surface area contributed by atoms with Gasteiger partial charge in [-0.25, -0.2) is 4.79 Å². The number of ketones is 1. The molecule has 6 heteroatoms. The number of hydrogen-bond donors (Lipinski definition) is 1. The number of ether oxygens (including phenoxy) is 2. The zero-order chi connectivity index (χ0) is 22.5. The summed E-state index contributed by atoms with van der Waals surface area (Å²) in [7, 11) is 0. The Morgan fingerprint density at radius 3 is 2.16 bits per heavy atom. The number of H-pyrrole nitrogens is 1. The van der Waals surface area contributed by atoms with Gasteiger partial charge < -0.3 is 14.5 Å². The lowest BCUT2D eigenvalue weighted by molar-refractivity contribution is 0.0525. The zero-order valence-corrected chi connectivity index (χ0v) is 18.0. The van der Waals surface area contributed by atoms with Crippen LogP contribution in [0.4, 0.5) is 0 Å². The van der Waals surface area contributed by atoms with Gasteiger partial charge in [0.15, 0.2) is 6.10 Å². The van der Waals surface area contributed by atoms with E-state index in [2.05, 4.69) is 11.1 Å². The van der Waals surface area contributed by atoms with Crippen LogP contribution in [0.3, 0.4) is 0 Å². The molecule has 0 aliphatic heterocycles. The molecule has 0 saturated carbocycles. The van der Waals surface area contributed by atoms with E-state index in [0.29, 0.717) is 33.8 Å². The number of carbonyl (C=O) groups is 2. The first-order valence-corrected chi connectivity index (χ1v) is 10.0. The highest BCUT2D eigenvalue weighted by Crippen LogP contribution is 2.25. The van der Waals surface area contributed by atoms with E-state index in [0.717, 1.165) is 11.1 Å². The Kier molecular flexibility index (Phi) is 6.56. The third-order valence-electron chi connectivity index (χ3n) is 5.05. The fraction of sp³-hybridized carbons (Fsp3) is 0.240. The summed E-state index contributed by atoms with van der Waals surface area (Å²) >= 11 is 0. The number of aromatic amines is 1. The normalized spacial score (nSPS) is 11.5. The standard InChI is InChI=1S/C25H24N2O4/c1-5-30-25(29)22-15(2)23(27-16(22)3)24(28)17(4)31-21-12-10-20(11-13-21)19-8-6-18(14-26)7-9-19/h6-13,17,27H,5H2,1-4H3/t17-/m1/s1. The number of esters is 1. The second kappa shape index (κ2) is 9.31. The average molecular weight is 416 g/mol. The first-order valence-electron chi connectivity index (χ1n) is 10.0. The van der Waals surface area contributed by atoms with Crippen molar-refractivity contribution in [1.82, 2.24) is 4.98 Å². The van der Waals surface area contributed by atoms with Crippen LogP contribution in [-0.2, 0) is 4.74 Å². The Morgan fingerprint density at radius 2 is 1.61 bits per heavy atom. The molecule has 0 saturated heterocycles. The number of rotatable bonds is 7. The Labute approximate surface area is 181 Å². The molecule has 0 radical (unpaired) electrons. The molecule has 3 rings (SSSR count). The lowest BCUT2D eigenvalue weighted by atomic mass is 10.0. The molecule has 0 spiro atoms. The van der Waals surface area contributed by atoms with E-state index in [9.17, 15) is 9.59 Å². The number of nitriles is 1. The summed E-state index contributed by atoms with van der Waals surface area (Å²) in [5, 5.41) is 8.91. The van der Waals surface area contributed by atoms with Gasteiger partial charge in [-0.3, -0.25) is 4.79 Å². The van der Waals surface area contributed by atoms with Crippen molar-refractivity contribution in [2.45, 2.75) is 33.8 Å². The largest absolute Gasteiger partial charge is 0.483 e. The van der Waals surface area contributed by atoms with Gasteiger partial charge in [0.2, 0.25) is 5.78 Å². The molecule has 158 valence electrons. The van der Waals surface area contributed by atoms with E-state index >= 15 is 0 Å². The van der Waals surface area contributed by atoms with Crippen molar-refractivity contribution >= 4 is 11.8 Å². The minimum absolute atomic E-state index is 0.243. The zero-order valence-electron chi connectivity index (χ0n) is 18.0. The smallest absolute Gasteiger partial charge is 0.340 e. The minimum Gasteiger partial charge on any atom is -0.483 e. The van der Waals surface area contributed by atoms with Crippen molar-refractivity contribution in [1.29, 1.82) is 5.26 Å². The number of nitrogens with one attached hydrogen (secondary N) is 1. The summed E-state index contributed by atoms with van der Waals surface area (Å²) in [6.07, 6.45) is -0.743. The van der Waals surface area contributed by atoms with Crippen molar-refractivity contribution in [2.24, 2.45) is 0 Å². The van der Waals surface area contributed by atoms with Gasteiger partial charge in [-0.1, -0.05) is 24.3 Å². The lowest BCUT2D eigenvalue weighted by Crippen LogP contribution is -2.25. The Hall–Kier alpha value is -3.85. The Morgan fingerprint density at radius 1 is 1.03 bits per heavy atom. The third kappa shape index (κ3) is 4.67. The quantitative estimate of drug-likeness (QED) is 0.432. The molecular formula is C25H24N2O4. The Bertz CT molecular complexity index is 1140. The number of aryl methyl sites for hydroxylation is 1. The van der Waals surface area contributed by atoms with Crippen LogP contribution < -0.4 is 4.74 Å². The molecule has 1 N–H and O–H groups in total. The van der Waals surface area contributed by atoms with Gasteiger partial charge in [0.1, 0.15) is 5.75 Å². The average Bonchev–Trinajstić information content (AvgIpc) is 3.07. The second-order valence-corrected chi connectivity index (χ2v) is 7.18. The van der Waals surface area contributed by atoms with E-state index < -0.39 is 12.1 Å². The van der Waals surface area contributed by atoms with Crippen LogP contribution >= 0.6 is 0 Å². The molecule has 2 aromatic carbocycles. The van der Waals surface area contributed by atoms with Crippen LogP contribution in [-0.4, -0.2) is 29.4 Å². The van der Waals surface area contributed by atoms with Crippen molar-refractivity contribution in [3.05, 3.63) is 76.6 Å². The van der Waals surface area contributed by atoms with Gasteiger partial charge in [-0.2, -0.15) is 5.26 Å². The third-order valence-corrected chi connectivity index (χ3v) is 5.05. The molecule has 0 bridgehead atoms. The van der Waals surface area contributed by atoms with Crippen molar-refractivity contribution in [3.63, 3.8) is 0 Å². The predicted molar refractivity (Wildman–Crippen MR) is 117 cm³/mol. The summed E-state index contributed by atoms with van der Waals surface area (Å²) in [5.74, 6) is -0.128. The number of aromatic nitrogens is 1. The number of carbonyl (C=O) groups excluding carboxylic acids is 2. The number of benzene rings is 2. The maximum atomic E-state index is 12.9. The Balaban J connectivity index is 1.73. The molecule has 31 heavy (non-hydrogen) atoms. The van der Waals surface area contributed by atoms with E-state index in [1.807, 2.05) is 24.3 Å². The first-order chi connectivity index (χ1) is 14.8. The number of Topliss-reactive ketones (excluding diaryl/α,β-unsaturated/α-hetero) is 1. The highest BCUT2D eigenvalue weighted by molar-refractivity contribution is 6.03. The summed E-state index contributed by atoms with van der Waals surface area (Å²) in [6.45, 7) is 7.15. The maximum absolute atomic E-state index is 12.9. The molecule has 0 amide bonds. The van der Waals surface area contributed by atoms with E-state index in [1.165, 1.54) is 0 Å². The molecular weight excluding hydrogens is 392 g/mol. The van der Waals surface area contributed by atoms with Crippen molar-refractivity contribution in [2.75, 3.05) is 6.61 Å². The topological polar surface area (TPSA) is 92.2 Å². The van der Waals surface area contributed by atoms with Crippen LogP contribution in [0.5, 0.6) is 5.75 Å². The van der Waals surface area contributed by atoms with Crippen LogP contribution in [0.25, 0.3) is 11.1 Å². The molecule has 0 aliphatic carbocycles. The van der Waals surface area contributed by atoms with Gasteiger partial charge in [-0.15, -0.1) is 0 Å². The van der Waals surface area contributed by atoms with E-state index in [4.69, 9.17) is 14.7 Å². The number of hydrogen-bond acceptors (Lipinski definition) is 5. The van der Waals surface area contributed by atoms with E-state index in [1.54, 1.807) is 52.0 Å². The first kappa shape index (κ1) is 21.8. The van der Waals surface area contributed by atoms with Crippen LogP contribution in [0.1, 0.15) is 51.5 Å². The van der Waals surface area contributed by atoms with Gasteiger partial charge in [0.25, 0.3) is 0 Å². The predicted octanol–water partition coefficient (Wildman–Crippen LogP) is 5.00. The summed E-state index contributed by atoms with van der Waals surface area (Å²) in [5.41, 5.74) is 4.47. The molecule has 1 heterocycles. The van der Waals surface area contributed by atoms with Crippen molar-refractivity contribution in [3.8, 4) is 22.9 Å². The van der Waals surface area contributed by atoms with Crippen molar-refractivity contribution < 1.29 is 19.1 Å². The van der Waals surface area contributed by atoms with Gasteiger partial charge in [0.05, 0.1) is 29.5 Å². The molecule has 0 unspecified atom stereocenters. The molecule has 0 aliphatic rings. The molecule has 3 aromatic rings. The summed E-state index contributed by atoms with van der Waals surface area (Å²) in [4.78, 5) is 28.1.